The van der Waals surface area contributed by atoms with Crippen molar-refractivity contribution in [2.45, 2.75) is 27.0 Å². The van der Waals surface area contributed by atoms with Gasteiger partial charge in [0.2, 0.25) is 0 Å². The first kappa shape index (κ1) is 19.8. The summed E-state index contributed by atoms with van der Waals surface area (Å²) in [5.74, 6) is 0.807. The van der Waals surface area contributed by atoms with Gasteiger partial charge in [0.25, 0.3) is 0 Å². The van der Waals surface area contributed by atoms with E-state index in [1.807, 2.05) is 50.4 Å². The molecule has 3 aromatic rings. The molecule has 1 amide bonds. The zero-order chi connectivity index (χ0) is 20.9. The number of fused-ring (bicyclic) bond motifs is 1. The van der Waals surface area contributed by atoms with Gasteiger partial charge in [-0.3, -0.25) is 9.88 Å². The molecule has 30 heavy (non-hydrogen) atoms. The molecular formula is C22H25N5O3. The number of hydrogen-bond donors (Lipinski definition) is 1. The van der Waals surface area contributed by atoms with Crippen molar-refractivity contribution < 1.29 is 14.3 Å². The summed E-state index contributed by atoms with van der Waals surface area (Å²) in [6.07, 6.45) is 4.82. The van der Waals surface area contributed by atoms with Crippen LogP contribution in [-0.2, 0) is 17.9 Å². The second-order valence-corrected chi connectivity index (χ2v) is 7.10. The number of anilines is 2. The molecule has 2 aromatic heterocycles. The number of aromatic nitrogens is 3. The van der Waals surface area contributed by atoms with Gasteiger partial charge in [-0.05, 0) is 49.7 Å². The van der Waals surface area contributed by atoms with E-state index in [1.165, 1.54) is 0 Å². The van der Waals surface area contributed by atoms with E-state index >= 15 is 0 Å². The van der Waals surface area contributed by atoms with Crippen molar-refractivity contribution in [1.29, 1.82) is 0 Å². The minimum Gasteiger partial charge on any atom is -0.490 e. The van der Waals surface area contributed by atoms with Crippen LogP contribution in [0.1, 0.15) is 23.9 Å². The fourth-order valence-corrected chi connectivity index (χ4v) is 3.50. The summed E-state index contributed by atoms with van der Waals surface area (Å²) in [5, 5.41) is 0. The van der Waals surface area contributed by atoms with Crippen molar-refractivity contribution in [3.05, 3.63) is 66.0 Å². The summed E-state index contributed by atoms with van der Waals surface area (Å²) < 4.78 is 11.4. The topological polar surface area (TPSA) is 83.6 Å². The third-order valence-electron chi connectivity index (χ3n) is 4.99. The molecule has 0 saturated carbocycles. The number of amides is 1. The largest absolute Gasteiger partial charge is 0.490 e. The van der Waals surface area contributed by atoms with Crippen molar-refractivity contribution in [3.63, 3.8) is 0 Å². The Morgan fingerprint density at radius 1 is 1.33 bits per heavy atom. The molecule has 0 fully saturated rings. The molecule has 0 unspecified atom stereocenters. The molecule has 0 spiro atoms. The minimum atomic E-state index is -0.385. The minimum absolute atomic E-state index is 0.207. The molecule has 1 aliphatic heterocycles. The van der Waals surface area contributed by atoms with Crippen molar-refractivity contribution in [2.24, 2.45) is 0 Å². The third-order valence-corrected chi connectivity index (χ3v) is 4.99. The van der Waals surface area contributed by atoms with Crippen molar-refractivity contribution in [2.75, 3.05) is 29.5 Å². The van der Waals surface area contributed by atoms with Gasteiger partial charge >= 0.3 is 6.09 Å². The van der Waals surface area contributed by atoms with E-state index in [1.54, 1.807) is 17.4 Å². The van der Waals surface area contributed by atoms with Gasteiger partial charge in [0, 0.05) is 30.3 Å². The second-order valence-electron chi connectivity index (χ2n) is 7.10. The number of hydrogen-bond acceptors (Lipinski definition) is 6. The third kappa shape index (κ3) is 4.37. The Morgan fingerprint density at radius 3 is 3.00 bits per heavy atom. The van der Waals surface area contributed by atoms with E-state index in [4.69, 9.17) is 9.47 Å². The predicted octanol–water partition coefficient (Wildman–Crippen LogP) is 3.68. The van der Waals surface area contributed by atoms with Crippen LogP contribution in [-0.4, -0.2) is 40.7 Å². The molecule has 8 heteroatoms. The normalized spacial score (nSPS) is 12.8. The Balaban J connectivity index is 1.51. The molecule has 156 valence electrons. The van der Waals surface area contributed by atoms with Gasteiger partial charge in [0.05, 0.1) is 30.8 Å². The molecule has 0 atom stereocenters. The molecule has 1 N–H and O–H groups in total. The highest BCUT2D eigenvalue weighted by Gasteiger charge is 2.22. The molecule has 1 aliphatic rings. The number of aryl methyl sites for hydroxylation is 1. The Bertz CT molecular complexity index is 1010. The summed E-state index contributed by atoms with van der Waals surface area (Å²) in [6.45, 7) is 6.60. The molecule has 0 radical (unpaired) electrons. The molecule has 4 rings (SSSR count). The van der Waals surface area contributed by atoms with Crippen LogP contribution in [0.2, 0.25) is 0 Å². The Morgan fingerprint density at radius 2 is 2.23 bits per heavy atom. The first-order valence-corrected chi connectivity index (χ1v) is 9.99. The van der Waals surface area contributed by atoms with E-state index in [-0.39, 0.29) is 12.7 Å². The maximum absolute atomic E-state index is 12.8. The van der Waals surface area contributed by atoms with Gasteiger partial charge in [0.15, 0.2) is 0 Å². The van der Waals surface area contributed by atoms with Gasteiger partial charge in [-0.25, -0.2) is 9.78 Å². The summed E-state index contributed by atoms with van der Waals surface area (Å²) in [6, 6.07) is 9.53. The predicted molar refractivity (Wildman–Crippen MR) is 114 cm³/mol. The maximum Gasteiger partial charge on any atom is 0.414 e. The van der Waals surface area contributed by atoms with E-state index in [0.29, 0.717) is 19.7 Å². The van der Waals surface area contributed by atoms with E-state index in [0.717, 1.165) is 40.6 Å². The zero-order valence-corrected chi connectivity index (χ0v) is 17.2. The standard InChI is InChI=1S/C22H25N5O3/c1-3-27(22(28)30-14-17-6-7-24-16(2)10-17)19-4-5-21-20(11-19)26(8-9-29-21)13-18-12-23-15-25-18/h4-7,10-12,15H,3,8-9,13-14H2,1-2H3,(H,23,25). The Labute approximate surface area is 175 Å². The summed E-state index contributed by atoms with van der Waals surface area (Å²) in [4.78, 5) is 28.0. The molecule has 0 bridgehead atoms. The summed E-state index contributed by atoms with van der Waals surface area (Å²) >= 11 is 0. The van der Waals surface area contributed by atoms with Crippen LogP contribution in [0.4, 0.5) is 16.2 Å². The first-order valence-electron chi connectivity index (χ1n) is 9.99. The quantitative estimate of drug-likeness (QED) is 0.671. The molecule has 8 nitrogen and oxygen atoms in total. The van der Waals surface area contributed by atoms with Crippen molar-refractivity contribution in [1.82, 2.24) is 15.0 Å². The lowest BCUT2D eigenvalue weighted by Crippen LogP contribution is -2.34. The molecule has 3 heterocycles. The van der Waals surface area contributed by atoms with Crippen LogP contribution in [0.5, 0.6) is 5.75 Å². The number of H-pyrrole nitrogens is 1. The first-order chi connectivity index (χ1) is 14.6. The number of rotatable bonds is 6. The van der Waals surface area contributed by atoms with Gasteiger partial charge in [-0.2, -0.15) is 0 Å². The maximum atomic E-state index is 12.8. The van der Waals surface area contributed by atoms with E-state index < -0.39 is 0 Å². The van der Waals surface area contributed by atoms with Crippen LogP contribution >= 0.6 is 0 Å². The SMILES string of the molecule is CCN(C(=O)OCc1ccnc(C)c1)c1ccc2c(c1)N(Cc1cnc[nH]1)CCO2. The highest BCUT2D eigenvalue weighted by Crippen LogP contribution is 2.36. The van der Waals surface area contributed by atoms with Crippen LogP contribution in [0.3, 0.4) is 0 Å². The average molecular weight is 407 g/mol. The number of nitrogens with one attached hydrogen (secondary N) is 1. The fourth-order valence-electron chi connectivity index (χ4n) is 3.50. The number of imidazole rings is 1. The lowest BCUT2D eigenvalue weighted by molar-refractivity contribution is 0.147. The monoisotopic (exact) mass is 407 g/mol. The van der Waals surface area contributed by atoms with Crippen molar-refractivity contribution >= 4 is 17.5 Å². The fraction of sp³-hybridized carbons (Fsp3) is 0.318. The van der Waals surface area contributed by atoms with E-state index in [2.05, 4.69) is 19.9 Å². The summed E-state index contributed by atoms with van der Waals surface area (Å²) in [7, 11) is 0. The van der Waals surface area contributed by atoms with Crippen LogP contribution < -0.4 is 14.5 Å². The molecular weight excluding hydrogens is 382 g/mol. The van der Waals surface area contributed by atoms with Crippen LogP contribution in [0, 0.1) is 6.92 Å². The molecule has 1 aromatic carbocycles. The van der Waals surface area contributed by atoms with Gasteiger partial charge in [-0.1, -0.05) is 0 Å². The van der Waals surface area contributed by atoms with Crippen LogP contribution in [0.25, 0.3) is 0 Å². The molecule has 0 saturated heterocycles. The number of carbonyl (C=O) groups excluding carboxylic acids is 1. The van der Waals surface area contributed by atoms with Gasteiger partial charge in [-0.15, -0.1) is 0 Å². The molecule has 0 aliphatic carbocycles. The van der Waals surface area contributed by atoms with Gasteiger partial charge < -0.3 is 19.4 Å². The zero-order valence-electron chi connectivity index (χ0n) is 17.2. The number of benzene rings is 1. The average Bonchev–Trinajstić information content (AvgIpc) is 3.26. The van der Waals surface area contributed by atoms with E-state index in [9.17, 15) is 4.79 Å². The second kappa shape index (κ2) is 8.86. The van der Waals surface area contributed by atoms with Crippen LogP contribution in [0.15, 0.2) is 49.1 Å². The highest BCUT2D eigenvalue weighted by atomic mass is 16.6. The Kier molecular flexibility index (Phi) is 5.83. The number of carbonyl (C=O) groups is 1. The lowest BCUT2D eigenvalue weighted by Gasteiger charge is -2.32. The summed E-state index contributed by atoms with van der Waals surface area (Å²) in [5.41, 5.74) is 4.55. The van der Waals surface area contributed by atoms with Crippen molar-refractivity contribution in [3.8, 4) is 5.75 Å². The number of nitrogens with zero attached hydrogens (tertiary/aromatic N) is 4. The number of pyridine rings is 1. The Hall–Kier alpha value is -3.55. The highest BCUT2D eigenvalue weighted by molar-refractivity contribution is 5.89. The smallest absolute Gasteiger partial charge is 0.414 e. The number of ether oxygens (including phenoxy) is 2. The number of aromatic amines is 1. The van der Waals surface area contributed by atoms with Gasteiger partial charge in [0.1, 0.15) is 19.0 Å². The lowest BCUT2D eigenvalue weighted by atomic mass is 10.2.